The van der Waals surface area contributed by atoms with Crippen LogP contribution in [-0.4, -0.2) is 28.3 Å². The first-order valence-electron chi connectivity index (χ1n) is 11.0. The number of hydrogen-bond acceptors (Lipinski definition) is 7. The molecule has 6 rings (SSSR count). The smallest absolute Gasteiger partial charge is 0.197 e. The van der Waals surface area contributed by atoms with E-state index in [1.807, 2.05) is 52.7 Å². The minimum absolute atomic E-state index is 0.0165. The summed E-state index contributed by atoms with van der Waals surface area (Å²) >= 11 is 6.60. The zero-order valence-corrected chi connectivity index (χ0v) is 21.8. The van der Waals surface area contributed by atoms with Crippen molar-refractivity contribution in [2.24, 2.45) is 5.10 Å². The second kappa shape index (κ2) is 9.14. The third kappa shape index (κ3) is 4.03. The van der Waals surface area contributed by atoms with Gasteiger partial charge in [0.05, 0.1) is 29.8 Å². The summed E-state index contributed by atoms with van der Waals surface area (Å²) in [6, 6.07) is 26.4. The van der Waals surface area contributed by atoms with E-state index in [2.05, 4.69) is 57.3 Å². The lowest BCUT2D eigenvalue weighted by Gasteiger charge is -2.26. The molecule has 0 aliphatic carbocycles. The molecule has 9 heteroatoms. The number of hydrogen-bond donors (Lipinski definition) is 1. The van der Waals surface area contributed by atoms with E-state index in [4.69, 9.17) is 20.2 Å². The SMILES string of the molecule is COc1ccc(-c2csc(N3C(=N)SC4C3=NN(c3ccccc3)C4c3ccc(Br)cc3)n2)cc1. The van der Waals surface area contributed by atoms with E-state index in [0.29, 0.717) is 5.17 Å². The number of benzene rings is 3. The number of nitrogens with zero attached hydrogens (tertiary/aromatic N) is 4. The maximum Gasteiger partial charge on any atom is 0.197 e. The van der Waals surface area contributed by atoms with Gasteiger partial charge in [-0.05, 0) is 54.1 Å². The fraction of sp³-hybridized carbons (Fsp3) is 0.115. The van der Waals surface area contributed by atoms with Crippen molar-refractivity contribution in [2.75, 3.05) is 17.0 Å². The molecule has 174 valence electrons. The molecule has 3 heterocycles. The number of anilines is 2. The van der Waals surface area contributed by atoms with Crippen LogP contribution in [0.2, 0.25) is 0 Å². The molecule has 4 aromatic rings. The Morgan fingerprint density at radius 2 is 1.71 bits per heavy atom. The average molecular weight is 563 g/mol. The van der Waals surface area contributed by atoms with E-state index in [0.717, 1.165) is 43.7 Å². The van der Waals surface area contributed by atoms with E-state index in [9.17, 15) is 0 Å². The van der Waals surface area contributed by atoms with Crippen LogP contribution >= 0.6 is 39.0 Å². The van der Waals surface area contributed by atoms with Gasteiger partial charge in [0, 0.05) is 15.4 Å². The summed E-state index contributed by atoms with van der Waals surface area (Å²) in [4.78, 5) is 6.77. The van der Waals surface area contributed by atoms with E-state index in [-0.39, 0.29) is 11.3 Å². The summed E-state index contributed by atoms with van der Waals surface area (Å²) in [6.07, 6.45) is 0. The normalized spacial score (nSPS) is 19.1. The Bertz CT molecular complexity index is 1410. The Balaban J connectivity index is 1.38. The largest absolute Gasteiger partial charge is 0.497 e. The minimum Gasteiger partial charge on any atom is -0.497 e. The van der Waals surface area contributed by atoms with Crippen LogP contribution in [0.4, 0.5) is 10.8 Å². The Hall–Kier alpha value is -3.14. The molecule has 1 fully saturated rings. The summed E-state index contributed by atoms with van der Waals surface area (Å²) in [5.74, 6) is 1.65. The molecule has 1 aromatic heterocycles. The molecule has 1 saturated heterocycles. The van der Waals surface area contributed by atoms with Crippen molar-refractivity contribution >= 4 is 60.9 Å². The van der Waals surface area contributed by atoms with E-state index >= 15 is 0 Å². The number of aromatic nitrogens is 1. The van der Waals surface area contributed by atoms with Gasteiger partial charge in [0.2, 0.25) is 0 Å². The molecule has 3 aromatic carbocycles. The van der Waals surface area contributed by atoms with Gasteiger partial charge in [0.15, 0.2) is 16.1 Å². The van der Waals surface area contributed by atoms with Crippen LogP contribution in [0.15, 0.2) is 93.8 Å². The predicted molar refractivity (Wildman–Crippen MR) is 149 cm³/mol. The van der Waals surface area contributed by atoms with E-state index < -0.39 is 0 Å². The monoisotopic (exact) mass is 561 g/mol. The molecule has 0 radical (unpaired) electrons. The van der Waals surface area contributed by atoms with Crippen molar-refractivity contribution in [3.05, 3.63) is 94.3 Å². The third-order valence-electron chi connectivity index (χ3n) is 5.99. The van der Waals surface area contributed by atoms with Gasteiger partial charge in [-0.2, -0.15) is 5.10 Å². The molecule has 35 heavy (non-hydrogen) atoms. The lowest BCUT2D eigenvalue weighted by atomic mass is 10.0. The van der Waals surface area contributed by atoms with Crippen molar-refractivity contribution in [3.8, 4) is 17.0 Å². The van der Waals surface area contributed by atoms with Gasteiger partial charge in [-0.15, -0.1) is 11.3 Å². The maximum atomic E-state index is 8.80. The number of thiazole rings is 1. The number of thioether (sulfide) groups is 1. The van der Waals surface area contributed by atoms with Crippen LogP contribution in [0.25, 0.3) is 11.3 Å². The van der Waals surface area contributed by atoms with Gasteiger partial charge in [-0.1, -0.05) is 58.0 Å². The average Bonchev–Trinajstić information content (AvgIpc) is 3.59. The second-order valence-corrected chi connectivity index (χ2v) is 10.9. The molecule has 2 aliphatic heterocycles. The van der Waals surface area contributed by atoms with Crippen molar-refractivity contribution in [1.29, 1.82) is 5.41 Å². The van der Waals surface area contributed by atoms with E-state index in [1.165, 1.54) is 23.1 Å². The highest BCUT2D eigenvalue weighted by Crippen LogP contribution is 2.48. The summed E-state index contributed by atoms with van der Waals surface area (Å²) in [5, 5.41) is 19.1. The maximum absolute atomic E-state index is 8.80. The van der Waals surface area contributed by atoms with Gasteiger partial charge in [0.25, 0.3) is 0 Å². The molecule has 2 unspecified atom stereocenters. The van der Waals surface area contributed by atoms with Gasteiger partial charge in [-0.3, -0.25) is 10.4 Å². The Morgan fingerprint density at radius 3 is 2.43 bits per heavy atom. The molecule has 6 nitrogen and oxygen atoms in total. The highest BCUT2D eigenvalue weighted by atomic mass is 79.9. The summed E-state index contributed by atoms with van der Waals surface area (Å²) < 4.78 is 6.31. The van der Waals surface area contributed by atoms with Crippen LogP contribution in [0.3, 0.4) is 0 Å². The molecule has 0 bridgehead atoms. The van der Waals surface area contributed by atoms with Crippen molar-refractivity contribution in [1.82, 2.24) is 4.98 Å². The van der Waals surface area contributed by atoms with Crippen LogP contribution in [0.5, 0.6) is 5.75 Å². The Kier molecular flexibility index (Phi) is 5.83. The number of para-hydroxylation sites is 1. The Labute approximate surface area is 219 Å². The number of nitrogens with one attached hydrogen (secondary N) is 1. The molecule has 0 spiro atoms. The van der Waals surface area contributed by atoms with Crippen LogP contribution in [-0.2, 0) is 0 Å². The van der Waals surface area contributed by atoms with Crippen LogP contribution in [0, 0.1) is 5.41 Å². The number of halogens is 1. The summed E-state index contributed by atoms with van der Waals surface area (Å²) in [7, 11) is 1.66. The number of methoxy groups -OCH3 is 1. The Morgan fingerprint density at radius 1 is 0.971 bits per heavy atom. The molecular formula is C26H20BrN5OS2. The van der Waals surface area contributed by atoms with Crippen molar-refractivity contribution in [2.45, 2.75) is 11.3 Å². The van der Waals surface area contributed by atoms with Gasteiger partial charge >= 0.3 is 0 Å². The molecule has 0 saturated carbocycles. The molecule has 1 N–H and O–H groups in total. The van der Waals surface area contributed by atoms with Gasteiger partial charge in [0.1, 0.15) is 5.75 Å². The lowest BCUT2D eigenvalue weighted by molar-refractivity contribution is 0.415. The van der Waals surface area contributed by atoms with Crippen LogP contribution < -0.4 is 14.6 Å². The topological polar surface area (TPSA) is 64.8 Å². The zero-order valence-electron chi connectivity index (χ0n) is 18.6. The lowest BCUT2D eigenvalue weighted by Crippen LogP contribution is -2.31. The van der Waals surface area contributed by atoms with Crippen molar-refractivity contribution in [3.63, 3.8) is 0 Å². The number of ether oxygens (including phenoxy) is 1. The first-order valence-corrected chi connectivity index (χ1v) is 13.5. The second-order valence-electron chi connectivity index (χ2n) is 8.06. The van der Waals surface area contributed by atoms with Gasteiger partial charge < -0.3 is 4.74 Å². The standard InChI is InChI=1S/C26H20BrN5OS2/c1-33-20-13-9-16(10-14-20)21-15-34-26(29-21)31-24-23(35-25(31)28)22(17-7-11-18(27)12-8-17)32(30-24)19-5-3-2-4-6-19/h2-15,22-23,28H,1H3. The number of hydrazone groups is 1. The van der Waals surface area contributed by atoms with E-state index in [1.54, 1.807) is 7.11 Å². The first-order chi connectivity index (χ1) is 17.1. The quantitative estimate of drug-likeness (QED) is 0.284. The van der Waals surface area contributed by atoms with Crippen LogP contribution in [0.1, 0.15) is 11.6 Å². The summed E-state index contributed by atoms with van der Waals surface area (Å²) in [6.45, 7) is 0. The predicted octanol–water partition coefficient (Wildman–Crippen LogP) is 7.01. The molecule has 2 aliphatic rings. The number of fused-ring (bicyclic) bond motifs is 1. The first kappa shape index (κ1) is 22.3. The number of amidine groups is 2. The minimum atomic E-state index is -0.0307. The molecular weight excluding hydrogens is 542 g/mol. The third-order valence-corrected chi connectivity index (χ3v) is 8.47. The van der Waals surface area contributed by atoms with Gasteiger partial charge in [-0.25, -0.2) is 9.88 Å². The molecule has 0 amide bonds. The molecule has 2 atom stereocenters. The fourth-order valence-corrected chi connectivity index (χ4v) is 6.64. The highest BCUT2D eigenvalue weighted by Gasteiger charge is 2.49. The fourth-order valence-electron chi connectivity index (χ4n) is 4.29. The van der Waals surface area contributed by atoms with Crippen molar-refractivity contribution < 1.29 is 4.74 Å². The summed E-state index contributed by atoms with van der Waals surface area (Å²) in [5.41, 5.74) is 4.06. The highest BCUT2D eigenvalue weighted by molar-refractivity contribution is 9.10. The zero-order chi connectivity index (χ0) is 23.9. The number of rotatable bonds is 5.